The lowest BCUT2D eigenvalue weighted by Crippen LogP contribution is -2.31. The highest BCUT2D eigenvalue weighted by Gasteiger charge is 2.16. The van der Waals surface area contributed by atoms with Crippen LogP contribution in [0.25, 0.3) is 0 Å². The molecule has 0 aromatic carbocycles. The number of nitrogens with one attached hydrogen (secondary N) is 1. The monoisotopic (exact) mass is 281 g/mol. The summed E-state index contributed by atoms with van der Waals surface area (Å²) in [4.78, 5) is 15.8. The molecule has 1 aromatic rings. The molecule has 0 radical (unpaired) electrons. The number of piperidine rings is 1. The van der Waals surface area contributed by atoms with Crippen molar-refractivity contribution in [2.75, 3.05) is 30.4 Å². The third kappa shape index (κ3) is 3.96. The Morgan fingerprint density at radius 2 is 1.95 bits per heavy atom. The minimum Gasteiger partial charge on any atom is -0.357 e. The number of aromatic nitrogens is 3. The molecule has 1 atom stereocenters. The van der Waals surface area contributed by atoms with Gasteiger partial charge in [-0.1, -0.05) is 25.6 Å². The number of rotatable bonds is 5. The van der Waals surface area contributed by atoms with Crippen molar-refractivity contribution < 1.29 is 0 Å². The molecule has 19 heavy (non-hydrogen) atoms. The van der Waals surface area contributed by atoms with Crippen molar-refractivity contribution in [3.05, 3.63) is 0 Å². The molecular weight excluding hydrogens is 258 g/mol. The van der Waals surface area contributed by atoms with Gasteiger partial charge in [-0.25, -0.2) is 0 Å². The van der Waals surface area contributed by atoms with E-state index >= 15 is 0 Å². The van der Waals surface area contributed by atoms with Crippen LogP contribution in [0.15, 0.2) is 5.16 Å². The van der Waals surface area contributed by atoms with Gasteiger partial charge in [-0.15, -0.1) is 0 Å². The maximum absolute atomic E-state index is 4.62. The molecule has 0 aliphatic carbocycles. The Kier molecular flexibility index (Phi) is 5.24. The van der Waals surface area contributed by atoms with Gasteiger partial charge in [0.1, 0.15) is 0 Å². The number of anilines is 2. The molecule has 1 aromatic heterocycles. The highest BCUT2D eigenvalue weighted by Crippen LogP contribution is 2.25. The molecule has 1 fully saturated rings. The number of thioether (sulfide) groups is 1. The normalized spacial score (nSPS) is 17.3. The summed E-state index contributed by atoms with van der Waals surface area (Å²) in [6, 6.07) is 0. The Labute approximate surface area is 119 Å². The first-order valence-corrected chi connectivity index (χ1v) is 7.96. The Morgan fingerprint density at radius 3 is 2.58 bits per heavy atom. The van der Waals surface area contributed by atoms with E-state index in [2.05, 4.69) is 39.0 Å². The van der Waals surface area contributed by atoms with Crippen molar-refractivity contribution in [2.24, 2.45) is 0 Å². The Morgan fingerprint density at radius 1 is 1.21 bits per heavy atom. The minimum atomic E-state index is 0.529. The van der Waals surface area contributed by atoms with Gasteiger partial charge in [-0.05, 0) is 25.7 Å². The van der Waals surface area contributed by atoms with Gasteiger partial charge in [0.15, 0.2) is 5.16 Å². The van der Waals surface area contributed by atoms with Gasteiger partial charge in [-0.3, -0.25) is 0 Å². The molecule has 0 saturated carbocycles. The summed E-state index contributed by atoms with van der Waals surface area (Å²) in [5.74, 6) is 1.49. The molecule has 1 aliphatic heterocycles. The molecule has 5 nitrogen and oxygen atoms in total. The zero-order valence-corrected chi connectivity index (χ0v) is 12.8. The van der Waals surface area contributed by atoms with Gasteiger partial charge in [0.2, 0.25) is 11.9 Å². The molecule has 6 heteroatoms. The zero-order chi connectivity index (χ0) is 13.7. The number of hydrogen-bond acceptors (Lipinski definition) is 6. The summed E-state index contributed by atoms with van der Waals surface area (Å²) in [5, 5.41) is 4.39. The molecule has 1 unspecified atom stereocenters. The van der Waals surface area contributed by atoms with Crippen LogP contribution in [0.1, 0.15) is 39.5 Å². The van der Waals surface area contributed by atoms with E-state index in [1.807, 2.05) is 7.05 Å². The average Bonchev–Trinajstić information content (AvgIpc) is 2.47. The van der Waals surface area contributed by atoms with Crippen molar-refractivity contribution in [1.29, 1.82) is 0 Å². The van der Waals surface area contributed by atoms with E-state index in [0.717, 1.165) is 30.6 Å². The summed E-state index contributed by atoms with van der Waals surface area (Å²) in [6.07, 6.45) is 4.89. The quantitative estimate of drug-likeness (QED) is 0.838. The minimum absolute atomic E-state index is 0.529. The fourth-order valence-electron chi connectivity index (χ4n) is 2.01. The highest BCUT2D eigenvalue weighted by atomic mass is 32.2. The maximum Gasteiger partial charge on any atom is 0.231 e. The predicted molar refractivity (Wildman–Crippen MR) is 81.0 cm³/mol. The van der Waals surface area contributed by atoms with Gasteiger partial charge in [0.05, 0.1) is 0 Å². The molecule has 0 amide bonds. The van der Waals surface area contributed by atoms with Gasteiger partial charge in [-0.2, -0.15) is 15.0 Å². The van der Waals surface area contributed by atoms with Crippen LogP contribution < -0.4 is 10.2 Å². The summed E-state index contributed by atoms with van der Waals surface area (Å²) in [7, 11) is 1.85. The Bertz CT molecular complexity index is 406. The smallest absolute Gasteiger partial charge is 0.231 e. The summed E-state index contributed by atoms with van der Waals surface area (Å²) in [5.41, 5.74) is 0. The van der Waals surface area contributed by atoms with Gasteiger partial charge in [0.25, 0.3) is 0 Å². The van der Waals surface area contributed by atoms with Crippen LogP contribution in [0.5, 0.6) is 0 Å². The first-order valence-electron chi connectivity index (χ1n) is 7.08. The second kappa shape index (κ2) is 6.93. The van der Waals surface area contributed by atoms with Crippen LogP contribution in [-0.2, 0) is 0 Å². The standard InChI is InChI=1S/C13H23N5S/c1-4-10(2)19-13-16-11(14-3)15-12(17-13)18-8-6-5-7-9-18/h10H,4-9H2,1-3H3,(H,14,15,16,17). The first kappa shape index (κ1) is 14.4. The van der Waals surface area contributed by atoms with Crippen molar-refractivity contribution in [2.45, 2.75) is 49.9 Å². The van der Waals surface area contributed by atoms with E-state index in [-0.39, 0.29) is 0 Å². The number of nitrogens with zero attached hydrogens (tertiary/aromatic N) is 4. The molecular formula is C13H23N5S. The summed E-state index contributed by atoms with van der Waals surface area (Å²) < 4.78 is 0. The van der Waals surface area contributed by atoms with Crippen LogP contribution >= 0.6 is 11.8 Å². The van der Waals surface area contributed by atoms with Crippen LogP contribution in [0.4, 0.5) is 11.9 Å². The fraction of sp³-hybridized carbons (Fsp3) is 0.769. The van der Waals surface area contributed by atoms with Crippen molar-refractivity contribution in [3.63, 3.8) is 0 Å². The molecule has 1 saturated heterocycles. The largest absolute Gasteiger partial charge is 0.357 e. The summed E-state index contributed by atoms with van der Waals surface area (Å²) in [6.45, 7) is 6.50. The van der Waals surface area contributed by atoms with E-state index < -0.39 is 0 Å². The Hall–Kier alpha value is -1.04. The van der Waals surface area contributed by atoms with Crippen LogP contribution in [-0.4, -0.2) is 40.3 Å². The SMILES string of the molecule is CCC(C)Sc1nc(NC)nc(N2CCCCC2)n1. The third-order valence-electron chi connectivity index (χ3n) is 3.35. The lowest BCUT2D eigenvalue weighted by atomic mass is 10.1. The molecule has 2 rings (SSSR count). The lowest BCUT2D eigenvalue weighted by Gasteiger charge is -2.27. The zero-order valence-electron chi connectivity index (χ0n) is 12.0. The second-order valence-corrected chi connectivity index (χ2v) is 6.28. The fourth-order valence-corrected chi connectivity index (χ4v) is 2.81. The summed E-state index contributed by atoms with van der Waals surface area (Å²) >= 11 is 1.72. The molecule has 0 bridgehead atoms. The third-order valence-corrected chi connectivity index (χ3v) is 4.48. The highest BCUT2D eigenvalue weighted by molar-refractivity contribution is 7.99. The lowest BCUT2D eigenvalue weighted by molar-refractivity contribution is 0.565. The van der Waals surface area contributed by atoms with E-state index in [4.69, 9.17) is 0 Å². The molecule has 1 aliphatic rings. The second-order valence-electron chi connectivity index (χ2n) is 4.88. The molecule has 106 valence electrons. The first-order chi connectivity index (χ1) is 9.22. The number of hydrogen-bond donors (Lipinski definition) is 1. The maximum atomic E-state index is 4.62. The van der Waals surface area contributed by atoms with E-state index in [1.54, 1.807) is 11.8 Å². The van der Waals surface area contributed by atoms with Gasteiger partial charge >= 0.3 is 0 Å². The average molecular weight is 281 g/mol. The van der Waals surface area contributed by atoms with Crippen molar-refractivity contribution >= 4 is 23.7 Å². The Balaban J connectivity index is 2.19. The van der Waals surface area contributed by atoms with E-state index in [9.17, 15) is 0 Å². The van der Waals surface area contributed by atoms with Crippen molar-refractivity contribution in [1.82, 2.24) is 15.0 Å². The van der Waals surface area contributed by atoms with Crippen LogP contribution in [0.2, 0.25) is 0 Å². The van der Waals surface area contributed by atoms with Gasteiger partial charge < -0.3 is 10.2 Å². The van der Waals surface area contributed by atoms with Gasteiger partial charge in [0, 0.05) is 25.4 Å². The predicted octanol–water partition coefficient (Wildman–Crippen LogP) is 2.79. The van der Waals surface area contributed by atoms with Crippen molar-refractivity contribution in [3.8, 4) is 0 Å². The molecule has 2 heterocycles. The van der Waals surface area contributed by atoms with Crippen LogP contribution in [0, 0.1) is 0 Å². The van der Waals surface area contributed by atoms with E-state index in [1.165, 1.54) is 19.3 Å². The van der Waals surface area contributed by atoms with E-state index in [0.29, 0.717) is 11.2 Å². The molecule has 0 spiro atoms. The van der Waals surface area contributed by atoms with Crippen LogP contribution in [0.3, 0.4) is 0 Å². The topological polar surface area (TPSA) is 53.9 Å². The molecule has 1 N–H and O–H groups in total.